The molecule has 0 aliphatic rings. The fourth-order valence-electron chi connectivity index (χ4n) is 2.04. The van der Waals surface area contributed by atoms with Crippen molar-refractivity contribution >= 4 is 17.6 Å². The molecule has 0 aliphatic heterocycles. The molecule has 6 nitrogen and oxygen atoms in total. The number of nitrogens with two attached hydrogens (primary N) is 1. The number of rotatable bonds is 3. The normalized spacial score (nSPS) is 11.3. The molecule has 22 heavy (non-hydrogen) atoms. The zero-order valence-electron chi connectivity index (χ0n) is 13.4. The van der Waals surface area contributed by atoms with Crippen LogP contribution < -0.4 is 11.1 Å². The minimum absolute atomic E-state index is 0.462. The zero-order chi connectivity index (χ0) is 16.3. The van der Waals surface area contributed by atoms with Crippen LogP contribution in [0.3, 0.4) is 0 Å². The first-order chi connectivity index (χ1) is 10.2. The molecule has 0 saturated carbocycles. The van der Waals surface area contributed by atoms with Gasteiger partial charge in [0, 0.05) is 11.9 Å². The summed E-state index contributed by atoms with van der Waals surface area (Å²) in [5, 5.41) is 6.95. The molecule has 1 heterocycles. The lowest BCUT2D eigenvalue weighted by Crippen LogP contribution is -2.27. The molecule has 1 aromatic heterocycles. The monoisotopic (exact) mass is 302 g/mol. The molecule has 2 rings (SSSR count). The van der Waals surface area contributed by atoms with Gasteiger partial charge in [0.1, 0.15) is 11.4 Å². The number of hydrogen-bond acceptors (Lipinski definition) is 4. The van der Waals surface area contributed by atoms with E-state index in [1.807, 2.05) is 52.1 Å². The molecule has 0 spiro atoms. The highest BCUT2D eigenvalue weighted by atomic mass is 16.6. The molecule has 3 N–H and O–H groups in total. The Balaban J connectivity index is 2.13. The number of carbonyl (C=O) groups is 1. The topological polar surface area (TPSA) is 82.2 Å². The van der Waals surface area contributed by atoms with Crippen LogP contribution in [0.15, 0.2) is 30.5 Å². The van der Waals surface area contributed by atoms with Crippen LogP contribution in [-0.2, 0) is 11.3 Å². The summed E-state index contributed by atoms with van der Waals surface area (Å²) in [7, 11) is 0. The van der Waals surface area contributed by atoms with E-state index < -0.39 is 11.7 Å². The molecule has 1 aromatic carbocycles. The van der Waals surface area contributed by atoms with Gasteiger partial charge in [0.2, 0.25) is 0 Å². The smallest absolute Gasteiger partial charge is 0.412 e. The Hall–Kier alpha value is -2.50. The number of nitrogens with zero attached hydrogens (tertiary/aromatic N) is 2. The molecular formula is C16H22N4O2. The molecule has 2 aromatic rings. The molecule has 0 aliphatic carbocycles. The zero-order valence-corrected chi connectivity index (χ0v) is 13.4. The molecule has 0 saturated heterocycles. The molecule has 1 amide bonds. The summed E-state index contributed by atoms with van der Waals surface area (Å²) in [6.45, 7) is 8.04. The average molecular weight is 302 g/mol. The largest absolute Gasteiger partial charge is 0.444 e. The minimum Gasteiger partial charge on any atom is -0.444 e. The van der Waals surface area contributed by atoms with E-state index in [1.54, 1.807) is 10.7 Å². The molecular weight excluding hydrogens is 280 g/mol. The Morgan fingerprint density at radius 2 is 2.09 bits per heavy atom. The first kappa shape index (κ1) is 15.9. The maximum absolute atomic E-state index is 11.9. The maximum Gasteiger partial charge on any atom is 0.412 e. The third kappa shape index (κ3) is 4.25. The number of nitrogen functional groups attached to an aromatic ring is 1. The molecule has 0 radical (unpaired) electrons. The number of carbonyl (C=O) groups excluding carboxylic acids is 1. The third-order valence-electron chi connectivity index (χ3n) is 3.08. The van der Waals surface area contributed by atoms with E-state index in [0.717, 1.165) is 16.8 Å². The molecule has 0 fully saturated rings. The first-order valence-corrected chi connectivity index (χ1v) is 7.12. The quantitative estimate of drug-likeness (QED) is 0.912. The third-order valence-corrected chi connectivity index (χ3v) is 3.08. The van der Waals surface area contributed by atoms with E-state index in [1.165, 1.54) is 0 Å². The highest BCUT2D eigenvalue weighted by molar-refractivity contribution is 5.86. The lowest BCUT2D eigenvalue weighted by Gasteiger charge is -2.20. The summed E-state index contributed by atoms with van der Waals surface area (Å²) in [5.41, 5.74) is 7.85. The van der Waals surface area contributed by atoms with Crippen LogP contribution in [0.1, 0.15) is 31.9 Å². The second-order valence-electron chi connectivity index (χ2n) is 6.15. The fraction of sp³-hybridized carbons (Fsp3) is 0.375. The van der Waals surface area contributed by atoms with Gasteiger partial charge in [0.15, 0.2) is 0 Å². The molecule has 0 unspecified atom stereocenters. The Morgan fingerprint density at radius 1 is 1.36 bits per heavy atom. The highest BCUT2D eigenvalue weighted by Crippen LogP contribution is 2.21. The van der Waals surface area contributed by atoms with Crippen molar-refractivity contribution in [2.24, 2.45) is 0 Å². The summed E-state index contributed by atoms with van der Waals surface area (Å²) in [6.07, 6.45) is 1.36. The first-order valence-electron chi connectivity index (χ1n) is 7.12. The summed E-state index contributed by atoms with van der Waals surface area (Å²) in [5.74, 6) is 0.487. The van der Waals surface area contributed by atoms with Crippen molar-refractivity contribution in [1.29, 1.82) is 0 Å². The molecule has 6 heteroatoms. The van der Waals surface area contributed by atoms with Gasteiger partial charge in [-0.25, -0.2) is 4.79 Å². The van der Waals surface area contributed by atoms with Gasteiger partial charge in [-0.15, -0.1) is 0 Å². The maximum atomic E-state index is 11.9. The summed E-state index contributed by atoms with van der Waals surface area (Å²) in [4.78, 5) is 11.9. The van der Waals surface area contributed by atoms with E-state index >= 15 is 0 Å². The van der Waals surface area contributed by atoms with E-state index in [4.69, 9.17) is 10.5 Å². The molecule has 118 valence electrons. The Kier molecular flexibility index (Phi) is 4.40. The Morgan fingerprint density at radius 3 is 2.68 bits per heavy atom. The van der Waals surface area contributed by atoms with Gasteiger partial charge in [0.25, 0.3) is 0 Å². The van der Waals surface area contributed by atoms with Crippen molar-refractivity contribution < 1.29 is 9.53 Å². The van der Waals surface area contributed by atoms with Gasteiger partial charge in [-0.3, -0.25) is 10.00 Å². The second kappa shape index (κ2) is 6.09. The van der Waals surface area contributed by atoms with Crippen molar-refractivity contribution in [3.05, 3.63) is 41.6 Å². The van der Waals surface area contributed by atoms with Crippen LogP contribution >= 0.6 is 0 Å². The predicted molar refractivity (Wildman–Crippen MR) is 86.8 cm³/mol. The minimum atomic E-state index is -0.526. The van der Waals surface area contributed by atoms with Gasteiger partial charge in [-0.05, 0) is 51.0 Å². The lowest BCUT2D eigenvalue weighted by atomic mass is 10.1. The van der Waals surface area contributed by atoms with Crippen molar-refractivity contribution in [1.82, 2.24) is 9.78 Å². The number of amides is 1. The second-order valence-corrected chi connectivity index (χ2v) is 6.15. The van der Waals surface area contributed by atoms with E-state index in [0.29, 0.717) is 12.4 Å². The number of benzene rings is 1. The van der Waals surface area contributed by atoms with E-state index in [9.17, 15) is 4.79 Å². The average Bonchev–Trinajstić information content (AvgIpc) is 2.77. The Labute approximate surface area is 130 Å². The van der Waals surface area contributed by atoms with Crippen molar-refractivity contribution in [2.75, 3.05) is 11.1 Å². The van der Waals surface area contributed by atoms with E-state index in [2.05, 4.69) is 10.4 Å². The Bertz CT molecular complexity index is 671. The lowest BCUT2D eigenvalue weighted by molar-refractivity contribution is 0.0636. The predicted octanol–water partition coefficient (Wildman–Crippen LogP) is 3.17. The standard InChI is InChI=1S/C16H22N4O2/c1-11-12(10-20-9-8-14(17)19-20)6-5-7-13(11)18-15(21)22-16(2,3)4/h5-9H,10H2,1-4H3,(H2,17,19)(H,18,21). The molecule has 0 bridgehead atoms. The van der Waals surface area contributed by atoms with Gasteiger partial charge in [-0.2, -0.15) is 5.10 Å². The fourth-order valence-corrected chi connectivity index (χ4v) is 2.04. The summed E-state index contributed by atoms with van der Waals surface area (Å²) >= 11 is 0. The van der Waals surface area contributed by atoms with Crippen LogP contribution in [-0.4, -0.2) is 21.5 Å². The van der Waals surface area contributed by atoms with Crippen LogP contribution in [0.2, 0.25) is 0 Å². The van der Waals surface area contributed by atoms with Crippen LogP contribution in [0, 0.1) is 6.92 Å². The number of nitrogens with one attached hydrogen (secondary N) is 1. The van der Waals surface area contributed by atoms with E-state index in [-0.39, 0.29) is 0 Å². The number of ether oxygens (including phenoxy) is 1. The number of hydrogen-bond donors (Lipinski definition) is 2. The van der Waals surface area contributed by atoms with Gasteiger partial charge < -0.3 is 10.5 Å². The van der Waals surface area contributed by atoms with Crippen molar-refractivity contribution in [3.8, 4) is 0 Å². The van der Waals surface area contributed by atoms with Gasteiger partial charge in [0.05, 0.1) is 6.54 Å². The summed E-state index contributed by atoms with van der Waals surface area (Å²) in [6, 6.07) is 7.48. The van der Waals surface area contributed by atoms with Crippen LogP contribution in [0.5, 0.6) is 0 Å². The SMILES string of the molecule is Cc1c(Cn2ccc(N)n2)cccc1NC(=O)OC(C)(C)C. The van der Waals surface area contributed by atoms with Crippen LogP contribution in [0.25, 0.3) is 0 Å². The van der Waals surface area contributed by atoms with Crippen LogP contribution in [0.4, 0.5) is 16.3 Å². The highest BCUT2D eigenvalue weighted by Gasteiger charge is 2.17. The van der Waals surface area contributed by atoms with Gasteiger partial charge >= 0.3 is 6.09 Å². The number of anilines is 2. The number of aromatic nitrogens is 2. The van der Waals surface area contributed by atoms with Crippen molar-refractivity contribution in [3.63, 3.8) is 0 Å². The summed E-state index contributed by atoms with van der Waals surface area (Å²) < 4.78 is 7.03. The molecule has 0 atom stereocenters. The van der Waals surface area contributed by atoms with Crippen molar-refractivity contribution in [2.45, 2.75) is 39.8 Å². The van der Waals surface area contributed by atoms with Gasteiger partial charge in [-0.1, -0.05) is 12.1 Å².